The van der Waals surface area contributed by atoms with Gasteiger partial charge in [0.1, 0.15) is 0 Å². The Balaban J connectivity index is 2.48. The summed E-state index contributed by atoms with van der Waals surface area (Å²) in [5.41, 5.74) is 0.735. The maximum atomic E-state index is 11.6. The molecule has 0 saturated heterocycles. The van der Waals surface area contributed by atoms with Crippen molar-refractivity contribution in [1.29, 1.82) is 0 Å². The van der Waals surface area contributed by atoms with Crippen LogP contribution in [-0.2, 0) is 11.3 Å². The lowest BCUT2D eigenvalue weighted by molar-refractivity contribution is -0.137. The van der Waals surface area contributed by atoms with Gasteiger partial charge in [-0.3, -0.25) is 0 Å². The number of rotatable bonds is 3. The van der Waals surface area contributed by atoms with E-state index in [0.717, 1.165) is 10.0 Å². The minimum Gasteiger partial charge on any atom is -0.318 e. The Hall–Kier alpha value is -0.480. The Labute approximate surface area is 77.5 Å². The van der Waals surface area contributed by atoms with Gasteiger partial charge in [0, 0.05) is 4.47 Å². The molecule has 1 aromatic rings. The first-order valence-corrected chi connectivity index (χ1v) is 4.12. The largest absolute Gasteiger partial charge is 0.345 e. The van der Waals surface area contributed by atoms with E-state index < -0.39 is 6.61 Å². The van der Waals surface area contributed by atoms with Crippen LogP contribution in [0.1, 0.15) is 5.56 Å². The van der Waals surface area contributed by atoms with Gasteiger partial charge in [0.05, 0.1) is 6.61 Å². The standard InChI is InChI=1S/C8H7BrF2O/c9-7-3-1-6(2-4-7)5-12-8(10)11/h1-4,8H,5H2. The molecule has 0 N–H and O–H groups in total. The third-order valence-electron chi connectivity index (χ3n) is 1.29. The lowest BCUT2D eigenvalue weighted by Crippen LogP contribution is -1.98. The van der Waals surface area contributed by atoms with Crippen LogP contribution in [0.2, 0.25) is 0 Å². The van der Waals surface area contributed by atoms with Crippen LogP contribution in [0.15, 0.2) is 28.7 Å². The molecule has 0 aromatic heterocycles. The highest BCUT2D eigenvalue weighted by atomic mass is 79.9. The molecule has 1 aromatic carbocycles. The van der Waals surface area contributed by atoms with E-state index in [9.17, 15) is 8.78 Å². The number of hydrogen-bond acceptors (Lipinski definition) is 1. The fourth-order valence-corrected chi connectivity index (χ4v) is 1.00. The maximum Gasteiger partial charge on any atom is 0.345 e. The lowest BCUT2D eigenvalue weighted by atomic mass is 10.2. The lowest BCUT2D eigenvalue weighted by Gasteiger charge is -2.01. The summed E-state index contributed by atoms with van der Waals surface area (Å²) in [6.45, 7) is -2.75. The number of hydrogen-bond donors (Lipinski definition) is 0. The number of ether oxygens (including phenoxy) is 1. The second-order valence-electron chi connectivity index (χ2n) is 2.20. The summed E-state index contributed by atoms with van der Waals surface area (Å²) in [7, 11) is 0. The molecule has 66 valence electrons. The van der Waals surface area contributed by atoms with Gasteiger partial charge in [0.15, 0.2) is 0 Å². The van der Waals surface area contributed by atoms with E-state index in [1.165, 1.54) is 0 Å². The van der Waals surface area contributed by atoms with Gasteiger partial charge in [-0.2, -0.15) is 8.78 Å². The number of halogens is 3. The molecule has 0 aliphatic carbocycles. The van der Waals surface area contributed by atoms with E-state index in [1.54, 1.807) is 24.3 Å². The van der Waals surface area contributed by atoms with Gasteiger partial charge in [-0.1, -0.05) is 28.1 Å². The molecule has 0 atom stereocenters. The van der Waals surface area contributed by atoms with Crippen LogP contribution >= 0.6 is 15.9 Å². The Kier molecular flexibility index (Phi) is 3.62. The van der Waals surface area contributed by atoms with Gasteiger partial charge in [0.25, 0.3) is 0 Å². The first-order chi connectivity index (χ1) is 5.68. The van der Waals surface area contributed by atoms with E-state index in [4.69, 9.17) is 0 Å². The molecular formula is C8H7BrF2O. The normalized spacial score (nSPS) is 10.7. The molecule has 1 nitrogen and oxygen atoms in total. The van der Waals surface area contributed by atoms with Gasteiger partial charge in [-0.25, -0.2) is 0 Å². The fourth-order valence-electron chi connectivity index (χ4n) is 0.740. The molecule has 0 fully saturated rings. The van der Waals surface area contributed by atoms with Crippen molar-refractivity contribution in [3.05, 3.63) is 34.3 Å². The SMILES string of the molecule is FC(F)OCc1ccc(Br)cc1. The maximum absolute atomic E-state index is 11.6. The zero-order valence-electron chi connectivity index (χ0n) is 6.14. The summed E-state index contributed by atoms with van der Waals surface area (Å²) < 4.78 is 28.2. The molecular weight excluding hydrogens is 230 g/mol. The highest BCUT2D eigenvalue weighted by Gasteiger charge is 2.01. The van der Waals surface area contributed by atoms with Gasteiger partial charge in [-0.05, 0) is 17.7 Å². The van der Waals surface area contributed by atoms with E-state index in [2.05, 4.69) is 20.7 Å². The smallest absolute Gasteiger partial charge is 0.318 e. The number of benzene rings is 1. The van der Waals surface area contributed by atoms with Gasteiger partial charge >= 0.3 is 6.61 Å². The fraction of sp³-hybridized carbons (Fsp3) is 0.250. The molecule has 0 aliphatic heterocycles. The summed E-state index contributed by atoms with van der Waals surface area (Å²) in [4.78, 5) is 0. The zero-order valence-corrected chi connectivity index (χ0v) is 7.72. The average molecular weight is 237 g/mol. The Morgan fingerprint density at radius 3 is 2.33 bits per heavy atom. The first-order valence-electron chi connectivity index (χ1n) is 3.32. The summed E-state index contributed by atoms with van der Waals surface area (Å²) >= 11 is 3.24. The predicted molar refractivity (Wildman–Crippen MR) is 44.9 cm³/mol. The Morgan fingerprint density at radius 1 is 1.25 bits per heavy atom. The van der Waals surface area contributed by atoms with Crippen LogP contribution in [-0.4, -0.2) is 6.61 Å². The highest BCUT2D eigenvalue weighted by molar-refractivity contribution is 9.10. The van der Waals surface area contributed by atoms with Crippen molar-refractivity contribution >= 4 is 15.9 Å². The van der Waals surface area contributed by atoms with Crippen molar-refractivity contribution in [2.24, 2.45) is 0 Å². The molecule has 1 rings (SSSR count). The van der Waals surface area contributed by atoms with Crippen LogP contribution in [0.3, 0.4) is 0 Å². The van der Waals surface area contributed by atoms with Crippen LogP contribution < -0.4 is 0 Å². The van der Waals surface area contributed by atoms with Crippen LogP contribution in [0, 0.1) is 0 Å². The third kappa shape index (κ3) is 3.28. The minimum absolute atomic E-state index is 0.0506. The van der Waals surface area contributed by atoms with Crippen molar-refractivity contribution in [1.82, 2.24) is 0 Å². The molecule has 0 aliphatic rings. The average Bonchev–Trinajstić information content (AvgIpc) is 2.03. The zero-order chi connectivity index (χ0) is 8.97. The van der Waals surface area contributed by atoms with Crippen molar-refractivity contribution in [2.45, 2.75) is 13.2 Å². The second kappa shape index (κ2) is 4.52. The van der Waals surface area contributed by atoms with Gasteiger partial charge < -0.3 is 4.74 Å². The summed E-state index contributed by atoms with van der Waals surface area (Å²) in [5.74, 6) is 0. The first kappa shape index (κ1) is 9.61. The summed E-state index contributed by atoms with van der Waals surface area (Å²) in [6, 6.07) is 7.02. The van der Waals surface area contributed by atoms with E-state index in [-0.39, 0.29) is 6.61 Å². The molecule has 0 radical (unpaired) electrons. The molecule has 12 heavy (non-hydrogen) atoms. The van der Waals surface area contributed by atoms with Crippen molar-refractivity contribution in [3.8, 4) is 0 Å². The topological polar surface area (TPSA) is 9.23 Å². The Bertz CT molecular complexity index is 235. The summed E-state index contributed by atoms with van der Waals surface area (Å²) in [5, 5.41) is 0. The molecule has 0 unspecified atom stereocenters. The third-order valence-corrected chi connectivity index (χ3v) is 1.82. The predicted octanol–water partition coefficient (Wildman–Crippen LogP) is 3.19. The second-order valence-corrected chi connectivity index (χ2v) is 3.11. The van der Waals surface area contributed by atoms with Crippen molar-refractivity contribution in [3.63, 3.8) is 0 Å². The Morgan fingerprint density at radius 2 is 1.83 bits per heavy atom. The molecule has 0 bridgehead atoms. The minimum atomic E-state index is -2.70. The molecule has 0 spiro atoms. The van der Waals surface area contributed by atoms with E-state index in [1.807, 2.05) is 0 Å². The number of alkyl halides is 2. The summed E-state index contributed by atoms with van der Waals surface area (Å²) in [6.07, 6.45) is 0. The van der Waals surface area contributed by atoms with E-state index in [0.29, 0.717) is 0 Å². The quantitative estimate of drug-likeness (QED) is 0.784. The van der Waals surface area contributed by atoms with Gasteiger partial charge in [-0.15, -0.1) is 0 Å². The van der Waals surface area contributed by atoms with Crippen molar-refractivity contribution in [2.75, 3.05) is 0 Å². The highest BCUT2D eigenvalue weighted by Crippen LogP contribution is 2.12. The van der Waals surface area contributed by atoms with Crippen LogP contribution in [0.5, 0.6) is 0 Å². The molecule has 0 amide bonds. The van der Waals surface area contributed by atoms with Gasteiger partial charge in [0.2, 0.25) is 0 Å². The molecule has 0 saturated carbocycles. The monoisotopic (exact) mass is 236 g/mol. The van der Waals surface area contributed by atoms with Crippen LogP contribution in [0.4, 0.5) is 8.78 Å². The van der Waals surface area contributed by atoms with E-state index >= 15 is 0 Å². The van der Waals surface area contributed by atoms with Crippen LogP contribution in [0.25, 0.3) is 0 Å². The van der Waals surface area contributed by atoms with Crippen molar-refractivity contribution < 1.29 is 13.5 Å². The molecule has 4 heteroatoms. The molecule has 0 heterocycles.